The molecular weight excluding hydrogens is 1140 g/mol. The van der Waals surface area contributed by atoms with Gasteiger partial charge in [-0.25, -0.2) is 0 Å². The van der Waals surface area contributed by atoms with Crippen LogP contribution in [0.1, 0.15) is 44.7 Å². The summed E-state index contributed by atoms with van der Waals surface area (Å²) in [7, 11) is -32.7. The van der Waals surface area contributed by atoms with Crippen molar-refractivity contribution in [2.75, 3.05) is 0 Å². The molecule has 1 aromatic carbocycles. The van der Waals surface area contributed by atoms with Gasteiger partial charge in [0.05, 0.1) is 9.52 Å². The molecule has 0 aliphatic heterocycles. The third-order valence-corrected chi connectivity index (χ3v) is 58.1. The van der Waals surface area contributed by atoms with Gasteiger partial charge in [0.25, 0.3) is 0 Å². The lowest BCUT2D eigenvalue weighted by atomic mass is 10.1. The van der Waals surface area contributed by atoms with Gasteiger partial charge in [0.15, 0.2) is 83.2 Å². The Bertz CT molecular complexity index is 1770. The lowest BCUT2D eigenvalue weighted by molar-refractivity contribution is 0.156. The molecule has 0 N–H and O–H groups in total. The van der Waals surface area contributed by atoms with Crippen LogP contribution in [0.4, 0.5) is 0 Å². The van der Waals surface area contributed by atoms with E-state index in [1.807, 2.05) is 6.08 Å². The standard InChI is InChI=1S/C49H118O10Si14/c1-31-40-68(25,26)57-72(53-63(11,12)13,54-64(14,15)16)45-42-70(29,30)59-73(55-65(17,18)19,56-66(20,21)22)46-43-69(27,28)58-71(51-61(5,6)7,52-62(8,9)10)44-41-67(23,24)50-49(4,33-3)60-39-38-48-36-34-47(32-2)35-37-48/h32,34-37H,2,31,33,38-46,60H2,1,3-30H3. The molecule has 0 aromatic heterocycles. The molecule has 0 heterocycles. The molecule has 430 valence electrons. The molecule has 0 aliphatic carbocycles. The molecule has 0 radical (unpaired) electrons. The van der Waals surface area contributed by atoms with E-state index in [9.17, 15) is 0 Å². The molecule has 0 amide bonds. The maximum absolute atomic E-state index is 7.83. The van der Waals surface area contributed by atoms with Crippen molar-refractivity contribution in [1.29, 1.82) is 0 Å². The van der Waals surface area contributed by atoms with E-state index < -0.39 is 119 Å². The van der Waals surface area contributed by atoms with Crippen LogP contribution in [0.3, 0.4) is 0 Å². The summed E-state index contributed by atoms with van der Waals surface area (Å²) >= 11 is 0. The smallest absolute Gasteiger partial charge is 0.417 e. The van der Waals surface area contributed by atoms with Gasteiger partial charge in [-0.2, -0.15) is 0 Å². The predicted molar refractivity (Wildman–Crippen MR) is 354 cm³/mol. The Morgan fingerprint density at radius 3 is 0.959 bits per heavy atom. The van der Waals surface area contributed by atoms with Gasteiger partial charge in [-0.1, -0.05) is 63.2 Å². The zero-order chi connectivity index (χ0) is 57.2. The Balaban J connectivity index is 3.80. The summed E-state index contributed by atoms with van der Waals surface area (Å²) in [5, 5.41) is -0.0698. The Morgan fingerprint density at radius 2 is 0.699 bits per heavy atom. The molecular formula is C49H118O10Si14. The first kappa shape index (κ1) is 72.6. The van der Waals surface area contributed by atoms with Crippen molar-refractivity contribution in [3.05, 3.63) is 42.0 Å². The first-order valence-electron chi connectivity index (χ1n) is 28.1. The van der Waals surface area contributed by atoms with Gasteiger partial charge in [-0.05, 0) is 225 Å². The molecule has 0 aliphatic rings. The van der Waals surface area contributed by atoms with Crippen molar-refractivity contribution in [3.8, 4) is 0 Å². The molecule has 0 spiro atoms. The fourth-order valence-electron chi connectivity index (χ4n) is 9.33. The fraction of sp³-hybridized carbons (Fsp3) is 0.837. The third-order valence-electron chi connectivity index (χ3n) is 11.7. The van der Waals surface area contributed by atoms with Crippen LogP contribution in [-0.4, -0.2) is 124 Å². The highest BCUT2D eigenvalue weighted by Gasteiger charge is 2.57. The summed E-state index contributed by atoms with van der Waals surface area (Å²) in [6.07, 6.45) is 5.13. The van der Waals surface area contributed by atoms with E-state index in [1.165, 1.54) is 17.2 Å². The highest BCUT2D eigenvalue weighted by molar-refractivity contribution is 6.95. The highest BCUT2D eigenvalue weighted by Crippen LogP contribution is 2.40. The average Bonchev–Trinajstić information content (AvgIpc) is 3.11. The van der Waals surface area contributed by atoms with Crippen molar-refractivity contribution in [3.63, 3.8) is 0 Å². The first-order chi connectivity index (χ1) is 32.3. The molecule has 1 unspecified atom stereocenters. The van der Waals surface area contributed by atoms with Crippen LogP contribution in [-0.2, 0) is 47.9 Å². The van der Waals surface area contributed by atoms with Gasteiger partial charge in [0.2, 0.25) is 0 Å². The number of rotatable bonds is 37. The number of hydrogen-bond donors (Lipinski definition) is 0. The van der Waals surface area contributed by atoms with Gasteiger partial charge in [-0.3, -0.25) is 0 Å². The second-order valence-corrected chi connectivity index (χ2v) is 86.9. The third kappa shape index (κ3) is 32.0. The van der Waals surface area contributed by atoms with E-state index in [0.29, 0.717) is 6.04 Å². The van der Waals surface area contributed by atoms with Crippen molar-refractivity contribution >= 4 is 125 Å². The van der Waals surface area contributed by atoms with E-state index in [1.54, 1.807) is 0 Å². The van der Waals surface area contributed by atoms with Gasteiger partial charge in [0, 0.05) is 23.4 Å². The molecule has 0 saturated heterocycles. The van der Waals surface area contributed by atoms with Crippen LogP contribution in [0.5, 0.6) is 0 Å². The molecule has 1 atom stereocenters. The minimum absolute atomic E-state index is 0.0698. The fourth-order valence-corrected chi connectivity index (χ4v) is 68.6. The molecule has 10 nitrogen and oxygen atoms in total. The summed E-state index contributed by atoms with van der Waals surface area (Å²) in [5.41, 5.74) is 2.57. The molecule has 24 heteroatoms. The Morgan fingerprint density at radius 1 is 0.411 bits per heavy atom. The molecule has 1 rings (SSSR count). The van der Waals surface area contributed by atoms with Crippen molar-refractivity contribution in [2.45, 2.75) is 264 Å². The number of aryl methyl sites for hydroxylation is 1. The van der Waals surface area contributed by atoms with Crippen LogP contribution in [0.25, 0.3) is 6.08 Å². The molecule has 0 bridgehead atoms. The highest BCUT2D eigenvalue weighted by atomic mass is 28.5. The van der Waals surface area contributed by atoms with Crippen molar-refractivity contribution in [2.24, 2.45) is 0 Å². The van der Waals surface area contributed by atoms with Crippen LogP contribution in [0.15, 0.2) is 30.8 Å². The van der Waals surface area contributed by atoms with Crippen LogP contribution in [0, 0.1) is 0 Å². The second kappa shape index (κ2) is 27.6. The second-order valence-electron chi connectivity index (χ2n) is 29.6. The average molecular weight is 1260 g/mol. The zero-order valence-electron chi connectivity index (χ0n) is 53.2. The van der Waals surface area contributed by atoms with Crippen LogP contribution < -0.4 is 0 Å². The Labute approximate surface area is 468 Å². The molecule has 73 heavy (non-hydrogen) atoms. The van der Waals surface area contributed by atoms with Crippen molar-refractivity contribution in [1.82, 2.24) is 0 Å². The lowest BCUT2D eigenvalue weighted by Crippen LogP contribution is -2.64. The predicted octanol–water partition coefficient (Wildman–Crippen LogP) is 16.8. The summed E-state index contributed by atoms with van der Waals surface area (Å²) in [4.78, 5) is 0. The summed E-state index contributed by atoms with van der Waals surface area (Å²) in [6, 6.07) is 16.0. The normalized spacial score (nSPS) is 15.9. The van der Waals surface area contributed by atoms with Gasteiger partial charge in [-0.15, -0.1) is 0 Å². The van der Waals surface area contributed by atoms with Gasteiger partial charge in [0.1, 0.15) is 0 Å². The SMILES string of the molecule is C=Cc1ccc(CC[SiH2]C(C)(CC)O[Si](C)(C)CC[Si](O[Si](C)(C)C)(O[Si](C)(C)C)O[Si](C)(C)CC[Si](O[Si](C)(C)C)(O[Si](C)(C)C)O[Si](C)(C)CC[Si](O[Si](C)(C)C)(O[Si](C)(C)C)O[Si](C)(C)CCC)cc1. The van der Waals surface area contributed by atoms with E-state index >= 15 is 0 Å². The largest absolute Gasteiger partial charge is 0.469 e. The molecule has 0 fully saturated rings. The minimum atomic E-state index is -3.35. The van der Waals surface area contributed by atoms with E-state index in [0.717, 1.165) is 55.5 Å². The number of hydrogen-bond acceptors (Lipinski definition) is 10. The Hall–Kier alpha value is 1.60. The maximum atomic E-state index is 7.83. The monoisotopic (exact) mass is 1260 g/mol. The molecule has 0 saturated carbocycles. The molecule has 1 aromatic rings. The summed E-state index contributed by atoms with van der Waals surface area (Å²) in [6.45, 7) is 71.1. The summed E-state index contributed by atoms with van der Waals surface area (Å²) < 4.78 is 75.0. The summed E-state index contributed by atoms with van der Waals surface area (Å²) in [5.74, 6) is 0. The first-order valence-corrected chi connectivity index (χ1v) is 68.5. The minimum Gasteiger partial charge on any atom is -0.417 e. The van der Waals surface area contributed by atoms with E-state index in [4.69, 9.17) is 41.5 Å². The Kier molecular flexibility index (Phi) is 27.4. The van der Waals surface area contributed by atoms with Crippen LogP contribution >= 0.6 is 0 Å². The van der Waals surface area contributed by atoms with E-state index in [-0.39, 0.29) is 5.22 Å². The van der Waals surface area contributed by atoms with Gasteiger partial charge >= 0.3 is 26.4 Å². The van der Waals surface area contributed by atoms with Crippen molar-refractivity contribution < 1.29 is 41.5 Å². The topological polar surface area (TPSA) is 92.3 Å². The maximum Gasteiger partial charge on any atom is 0.469 e. The lowest BCUT2D eigenvalue weighted by Gasteiger charge is -2.47. The van der Waals surface area contributed by atoms with Gasteiger partial charge < -0.3 is 41.5 Å². The van der Waals surface area contributed by atoms with E-state index in [2.05, 4.69) is 222 Å². The number of benzene rings is 1. The zero-order valence-corrected chi connectivity index (χ0v) is 67.6. The quantitative estimate of drug-likeness (QED) is 0.0600. The van der Waals surface area contributed by atoms with Crippen LogP contribution in [0.2, 0.25) is 219 Å².